The molecule has 102 valence electrons. The van der Waals surface area contributed by atoms with Crippen LogP contribution in [0.1, 0.15) is 10.4 Å². The minimum Gasteiger partial charge on any atom is -0.398 e. The Morgan fingerprint density at radius 2 is 1.95 bits per heavy atom. The molecule has 0 aliphatic rings. The quantitative estimate of drug-likeness (QED) is 0.511. The van der Waals surface area contributed by atoms with Crippen LogP contribution in [-0.4, -0.2) is 10.8 Å². The van der Waals surface area contributed by atoms with E-state index in [1.54, 1.807) is 30.3 Å². The van der Waals surface area contributed by atoms with Crippen molar-refractivity contribution < 1.29 is 9.72 Å². The van der Waals surface area contributed by atoms with E-state index in [4.69, 9.17) is 5.73 Å². The van der Waals surface area contributed by atoms with Crippen LogP contribution in [0.5, 0.6) is 0 Å². The van der Waals surface area contributed by atoms with Crippen LogP contribution in [0, 0.1) is 10.1 Å². The minimum absolute atomic E-state index is 0.121. The summed E-state index contributed by atoms with van der Waals surface area (Å²) in [6.07, 6.45) is 0. The third-order valence-electron chi connectivity index (χ3n) is 2.61. The van der Waals surface area contributed by atoms with Gasteiger partial charge in [0.15, 0.2) is 0 Å². The van der Waals surface area contributed by atoms with Gasteiger partial charge in [-0.3, -0.25) is 14.9 Å². The van der Waals surface area contributed by atoms with Gasteiger partial charge >= 0.3 is 0 Å². The number of nitrogen functional groups attached to an aromatic ring is 1. The molecule has 0 saturated heterocycles. The van der Waals surface area contributed by atoms with Crippen LogP contribution in [-0.2, 0) is 0 Å². The SMILES string of the molecule is Nc1ccccc1C(=O)Nc1ccc(Br)c([N+](=O)[O-])c1. The van der Waals surface area contributed by atoms with Crippen molar-refractivity contribution >= 4 is 38.9 Å². The molecule has 0 fully saturated rings. The molecule has 3 N–H and O–H groups in total. The molecule has 20 heavy (non-hydrogen) atoms. The predicted octanol–water partition coefficient (Wildman–Crippen LogP) is 3.19. The normalized spacial score (nSPS) is 10.1. The Kier molecular flexibility index (Phi) is 3.99. The van der Waals surface area contributed by atoms with E-state index in [0.717, 1.165) is 0 Å². The molecule has 0 heterocycles. The number of hydrogen-bond donors (Lipinski definition) is 2. The zero-order chi connectivity index (χ0) is 14.7. The van der Waals surface area contributed by atoms with Crippen molar-refractivity contribution in [3.05, 3.63) is 62.6 Å². The Hall–Kier alpha value is -2.41. The van der Waals surface area contributed by atoms with Gasteiger partial charge in [-0.1, -0.05) is 12.1 Å². The molecular formula is C13H10BrN3O3. The molecular weight excluding hydrogens is 326 g/mol. The Bertz CT molecular complexity index is 688. The number of nitrogens with two attached hydrogens (primary N) is 1. The fraction of sp³-hybridized carbons (Fsp3) is 0. The van der Waals surface area contributed by atoms with Crippen molar-refractivity contribution in [2.45, 2.75) is 0 Å². The molecule has 0 aliphatic carbocycles. The Balaban J connectivity index is 2.27. The number of para-hydroxylation sites is 1. The number of rotatable bonds is 3. The lowest BCUT2D eigenvalue weighted by atomic mass is 10.1. The summed E-state index contributed by atoms with van der Waals surface area (Å²) in [5, 5.41) is 13.4. The number of nitrogens with one attached hydrogen (secondary N) is 1. The molecule has 2 aromatic rings. The van der Waals surface area contributed by atoms with Gasteiger partial charge in [-0.15, -0.1) is 0 Å². The van der Waals surface area contributed by atoms with Crippen LogP contribution in [0.15, 0.2) is 46.9 Å². The molecule has 2 aromatic carbocycles. The van der Waals surface area contributed by atoms with Gasteiger partial charge in [-0.25, -0.2) is 0 Å². The Morgan fingerprint density at radius 1 is 1.25 bits per heavy atom. The molecule has 0 atom stereocenters. The summed E-state index contributed by atoms with van der Waals surface area (Å²) in [5.41, 5.74) is 6.57. The third-order valence-corrected chi connectivity index (χ3v) is 3.28. The molecule has 0 bridgehead atoms. The highest BCUT2D eigenvalue weighted by molar-refractivity contribution is 9.10. The van der Waals surface area contributed by atoms with Gasteiger partial charge < -0.3 is 11.1 Å². The maximum atomic E-state index is 12.0. The lowest BCUT2D eigenvalue weighted by Crippen LogP contribution is -2.14. The van der Waals surface area contributed by atoms with Gasteiger partial charge in [-0.05, 0) is 40.2 Å². The van der Waals surface area contributed by atoms with E-state index >= 15 is 0 Å². The van der Waals surface area contributed by atoms with Crippen LogP contribution < -0.4 is 11.1 Å². The second-order valence-corrected chi connectivity index (χ2v) is 4.82. The zero-order valence-corrected chi connectivity index (χ0v) is 11.8. The largest absolute Gasteiger partial charge is 0.398 e. The van der Waals surface area contributed by atoms with Gasteiger partial charge in [0.1, 0.15) is 0 Å². The number of halogens is 1. The highest BCUT2D eigenvalue weighted by atomic mass is 79.9. The van der Waals surface area contributed by atoms with Crippen molar-refractivity contribution in [2.75, 3.05) is 11.1 Å². The van der Waals surface area contributed by atoms with Crippen molar-refractivity contribution in [2.24, 2.45) is 0 Å². The van der Waals surface area contributed by atoms with E-state index in [-0.39, 0.29) is 5.69 Å². The maximum absolute atomic E-state index is 12.0. The first-order chi connectivity index (χ1) is 9.49. The topological polar surface area (TPSA) is 98.3 Å². The second kappa shape index (κ2) is 5.70. The first-order valence-electron chi connectivity index (χ1n) is 5.59. The standard InChI is InChI=1S/C13H10BrN3O3/c14-10-6-5-8(7-12(10)17(19)20)16-13(18)9-3-1-2-4-11(9)15/h1-7H,15H2,(H,16,18). The zero-order valence-electron chi connectivity index (χ0n) is 10.2. The molecule has 0 aromatic heterocycles. The summed E-state index contributed by atoms with van der Waals surface area (Å²) in [6, 6.07) is 10.9. The fourth-order valence-electron chi connectivity index (χ4n) is 1.63. The molecule has 0 spiro atoms. The Labute approximate surface area is 122 Å². The van der Waals surface area contributed by atoms with Gasteiger partial charge in [0, 0.05) is 17.4 Å². The summed E-state index contributed by atoms with van der Waals surface area (Å²) in [7, 11) is 0. The number of anilines is 2. The highest BCUT2D eigenvalue weighted by Crippen LogP contribution is 2.28. The van der Waals surface area contributed by atoms with Crippen molar-refractivity contribution in [1.29, 1.82) is 0 Å². The summed E-state index contributed by atoms with van der Waals surface area (Å²) in [4.78, 5) is 22.3. The average molecular weight is 336 g/mol. The van der Waals surface area contributed by atoms with Gasteiger partial charge in [0.05, 0.1) is 15.0 Å². The van der Waals surface area contributed by atoms with Gasteiger partial charge in [-0.2, -0.15) is 0 Å². The number of carbonyl (C=O) groups is 1. The molecule has 0 aliphatic heterocycles. The molecule has 2 rings (SSSR count). The summed E-state index contributed by atoms with van der Waals surface area (Å²) >= 11 is 3.08. The summed E-state index contributed by atoms with van der Waals surface area (Å²) in [5.74, 6) is -0.417. The smallest absolute Gasteiger partial charge is 0.285 e. The van der Waals surface area contributed by atoms with E-state index in [1.807, 2.05) is 0 Å². The van der Waals surface area contributed by atoms with Crippen LogP contribution in [0.3, 0.4) is 0 Å². The third kappa shape index (κ3) is 2.94. The van der Waals surface area contributed by atoms with Gasteiger partial charge in [0.2, 0.25) is 0 Å². The fourth-order valence-corrected chi connectivity index (χ4v) is 2.02. The highest BCUT2D eigenvalue weighted by Gasteiger charge is 2.15. The lowest BCUT2D eigenvalue weighted by Gasteiger charge is -2.07. The summed E-state index contributed by atoms with van der Waals surface area (Å²) in [6.45, 7) is 0. The second-order valence-electron chi connectivity index (χ2n) is 3.96. The number of nitrogens with zero attached hydrogens (tertiary/aromatic N) is 1. The molecule has 1 amide bonds. The molecule has 7 heteroatoms. The lowest BCUT2D eigenvalue weighted by molar-refractivity contribution is -0.385. The number of hydrogen-bond acceptors (Lipinski definition) is 4. The van der Waals surface area contributed by atoms with E-state index in [0.29, 0.717) is 21.4 Å². The average Bonchev–Trinajstić information content (AvgIpc) is 2.41. The first-order valence-corrected chi connectivity index (χ1v) is 6.38. The number of nitro benzene ring substituents is 1. The molecule has 0 unspecified atom stereocenters. The van der Waals surface area contributed by atoms with Crippen LogP contribution in [0.4, 0.5) is 17.1 Å². The van der Waals surface area contributed by atoms with Crippen molar-refractivity contribution in [1.82, 2.24) is 0 Å². The van der Waals surface area contributed by atoms with Crippen LogP contribution in [0.2, 0.25) is 0 Å². The van der Waals surface area contributed by atoms with E-state index in [2.05, 4.69) is 21.2 Å². The first kappa shape index (κ1) is 14.0. The van der Waals surface area contributed by atoms with Crippen molar-refractivity contribution in [3.8, 4) is 0 Å². The summed E-state index contributed by atoms with van der Waals surface area (Å²) < 4.78 is 0.347. The van der Waals surface area contributed by atoms with E-state index < -0.39 is 10.8 Å². The Morgan fingerprint density at radius 3 is 2.60 bits per heavy atom. The van der Waals surface area contributed by atoms with Crippen molar-refractivity contribution in [3.63, 3.8) is 0 Å². The number of amides is 1. The number of carbonyl (C=O) groups excluding carboxylic acids is 1. The van der Waals surface area contributed by atoms with Crippen LogP contribution >= 0.6 is 15.9 Å². The van der Waals surface area contributed by atoms with Gasteiger partial charge in [0.25, 0.3) is 11.6 Å². The minimum atomic E-state index is -0.531. The van der Waals surface area contributed by atoms with Crippen LogP contribution in [0.25, 0.3) is 0 Å². The predicted molar refractivity (Wildman–Crippen MR) is 79.6 cm³/mol. The van der Waals surface area contributed by atoms with E-state index in [9.17, 15) is 14.9 Å². The van der Waals surface area contributed by atoms with E-state index in [1.165, 1.54) is 12.1 Å². The molecule has 0 saturated carbocycles. The monoisotopic (exact) mass is 335 g/mol. The maximum Gasteiger partial charge on any atom is 0.285 e. The number of nitro groups is 1. The number of benzene rings is 2. The molecule has 6 nitrogen and oxygen atoms in total. The molecule has 0 radical (unpaired) electrons.